The van der Waals surface area contributed by atoms with Crippen LogP contribution in [0.5, 0.6) is 0 Å². The van der Waals surface area contributed by atoms with Crippen molar-refractivity contribution >= 4 is 6.21 Å². The number of nitriles is 1. The molecule has 0 unspecified atom stereocenters. The molecule has 0 bridgehead atoms. The summed E-state index contributed by atoms with van der Waals surface area (Å²) in [4.78, 5) is 3.61. The molecule has 0 aliphatic rings. The Kier molecular flexibility index (Phi) is 4.13. The van der Waals surface area contributed by atoms with Crippen LogP contribution in [0.4, 0.5) is 0 Å². The standard InChI is InChI=1S/C5H6N2/c1-7-5-3-2-4-6/h2-3,5H,1H3/b3-2-,7-5?. The molecule has 0 saturated carbocycles. The minimum absolute atomic E-state index is 1.37. The molecule has 0 heterocycles. The summed E-state index contributed by atoms with van der Waals surface area (Å²) < 4.78 is 0. The van der Waals surface area contributed by atoms with Crippen LogP contribution in [0.25, 0.3) is 0 Å². The average Bonchev–Trinajstić information content (AvgIpc) is 1.69. The maximum Gasteiger partial charge on any atom is 0.0912 e. The van der Waals surface area contributed by atoms with Crippen molar-refractivity contribution in [3.63, 3.8) is 0 Å². The van der Waals surface area contributed by atoms with Gasteiger partial charge in [0, 0.05) is 19.3 Å². The topological polar surface area (TPSA) is 36.1 Å². The van der Waals surface area contributed by atoms with Gasteiger partial charge in [0.15, 0.2) is 0 Å². The number of allylic oxidation sites excluding steroid dienone is 2. The molecule has 0 radical (unpaired) electrons. The van der Waals surface area contributed by atoms with Gasteiger partial charge in [-0.05, 0) is 6.08 Å². The van der Waals surface area contributed by atoms with E-state index in [0.717, 1.165) is 0 Å². The molecule has 0 N–H and O–H groups in total. The summed E-state index contributed by atoms with van der Waals surface area (Å²) >= 11 is 0. The predicted octanol–water partition coefficient (Wildman–Crippen LogP) is 0.767. The second kappa shape index (κ2) is 4.90. The number of aliphatic imine (C=N–C) groups is 1. The van der Waals surface area contributed by atoms with E-state index < -0.39 is 0 Å². The fourth-order valence-corrected chi connectivity index (χ4v) is 0.172. The molecular weight excluding hydrogens is 88.1 g/mol. The van der Waals surface area contributed by atoms with E-state index in [-0.39, 0.29) is 0 Å². The Morgan fingerprint density at radius 1 is 1.71 bits per heavy atom. The molecule has 2 nitrogen and oxygen atoms in total. The van der Waals surface area contributed by atoms with E-state index in [0.29, 0.717) is 0 Å². The van der Waals surface area contributed by atoms with E-state index in [1.54, 1.807) is 19.3 Å². The first kappa shape index (κ1) is 5.90. The molecule has 0 aromatic heterocycles. The molecule has 0 aliphatic carbocycles. The Morgan fingerprint density at radius 3 is 2.86 bits per heavy atom. The lowest BCUT2D eigenvalue weighted by atomic mass is 10.5. The van der Waals surface area contributed by atoms with Gasteiger partial charge in [-0.1, -0.05) is 0 Å². The summed E-state index contributed by atoms with van der Waals surface area (Å²) in [5.41, 5.74) is 0. The van der Waals surface area contributed by atoms with Gasteiger partial charge in [-0.15, -0.1) is 0 Å². The molecule has 0 aliphatic heterocycles. The van der Waals surface area contributed by atoms with Crippen molar-refractivity contribution in [3.8, 4) is 6.07 Å². The van der Waals surface area contributed by atoms with Crippen LogP contribution in [0.3, 0.4) is 0 Å². The SMILES string of the molecule is CN=C/C=C\C#N. The third kappa shape index (κ3) is 4.90. The fourth-order valence-electron chi connectivity index (χ4n) is 0.172. The van der Waals surface area contributed by atoms with Crippen LogP contribution in [0, 0.1) is 11.3 Å². The monoisotopic (exact) mass is 94.1 g/mol. The highest BCUT2D eigenvalue weighted by atomic mass is 14.6. The molecule has 0 aromatic rings. The van der Waals surface area contributed by atoms with Gasteiger partial charge >= 0.3 is 0 Å². The Hall–Kier alpha value is -1.10. The van der Waals surface area contributed by atoms with Gasteiger partial charge in [-0.3, -0.25) is 4.99 Å². The minimum Gasteiger partial charge on any atom is -0.296 e. The van der Waals surface area contributed by atoms with Crippen LogP contribution < -0.4 is 0 Å². The van der Waals surface area contributed by atoms with Crippen molar-refractivity contribution in [2.45, 2.75) is 0 Å². The van der Waals surface area contributed by atoms with Crippen LogP contribution in [-0.2, 0) is 0 Å². The third-order valence-corrected chi connectivity index (χ3v) is 0.406. The van der Waals surface area contributed by atoms with Gasteiger partial charge in [0.2, 0.25) is 0 Å². The highest BCUT2D eigenvalue weighted by Crippen LogP contribution is 1.61. The van der Waals surface area contributed by atoms with Crippen molar-refractivity contribution in [2.24, 2.45) is 4.99 Å². The lowest BCUT2D eigenvalue weighted by Crippen LogP contribution is -1.57. The lowest BCUT2D eigenvalue weighted by Gasteiger charge is -1.62. The number of rotatable bonds is 1. The van der Waals surface area contributed by atoms with Crippen LogP contribution >= 0.6 is 0 Å². The molecule has 0 saturated heterocycles. The zero-order valence-electron chi connectivity index (χ0n) is 4.13. The first-order chi connectivity index (χ1) is 3.41. The van der Waals surface area contributed by atoms with Crippen molar-refractivity contribution in [1.29, 1.82) is 5.26 Å². The largest absolute Gasteiger partial charge is 0.296 e. The van der Waals surface area contributed by atoms with Gasteiger partial charge < -0.3 is 0 Å². The van der Waals surface area contributed by atoms with Gasteiger partial charge in [0.05, 0.1) is 6.07 Å². The van der Waals surface area contributed by atoms with Crippen molar-refractivity contribution in [1.82, 2.24) is 0 Å². The first-order valence-electron chi connectivity index (χ1n) is 1.88. The molecule has 0 aromatic carbocycles. The summed E-state index contributed by atoms with van der Waals surface area (Å²) in [6, 6.07) is 1.83. The van der Waals surface area contributed by atoms with Crippen molar-refractivity contribution in [3.05, 3.63) is 12.2 Å². The third-order valence-electron chi connectivity index (χ3n) is 0.406. The molecular formula is C5H6N2. The normalized spacial score (nSPS) is 10.3. The lowest BCUT2D eigenvalue weighted by molar-refractivity contribution is 1.47. The van der Waals surface area contributed by atoms with Crippen LogP contribution in [-0.4, -0.2) is 13.3 Å². The molecule has 36 valence electrons. The van der Waals surface area contributed by atoms with Crippen LogP contribution in [0.15, 0.2) is 17.1 Å². The molecule has 0 rings (SSSR count). The van der Waals surface area contributed by atoms with E-state index in [1.807, 2.05) is 6.07 Å². The first-order valence-corrected chi connectivity index (χ1v) is 1.88. The molecule has 0 amide bonds. The molecule has 0 spiro atoms. The van der Waals surface area contributed by atoms with Crippen molar-refractivity contribution in [2.75, 3.05) is 7.05 Å². The smallest absolute Gasteiger partial charge is 0.0912 e. The highest BCUT2D eigenvalue weighted by molar-refractivity contribution is 5.71. The van der Waals surface area contributed by atoms with Gasteiger partial charge in [0.25, 0.3) is 0 Å². The van der Waals surface area contributed by atoms with Crippen LogP contribution in [0.1, 0.15) is 0 Å². The predicted molar refractivity (Wildman–Crippen MR) is 29.2 cm³/mol. The Bertz CT molecular complexity index is 117. The van der Waals surface area contributed by atoms with E-state index in [4.69, 9.17) is 5.26 Å². The van der Waals surface area contributed by atoms with Gasteiger partial charge in [-0.2, -0.15) is 5.26 Å². The Balaban J connectivity index is 3.33. The summed E-state index contributed by atoms with van der Waals surface area (Å²) in [6.45, 7) is 0. The average molecular weight is 94.1 g/mol. The second-order valence-electron chi connectivity index (χ2n) is 0.895. The number of hydrogen-bond acceptors (Lipinski definition) is 2. The van der Waals surface area contributed by atoms with Gasteiger partial charge in [-0.25, -0.2) is 0 Å². The zero-order chi connectivity index (χ0) is 5.54. The molecule has 2 heteroatoms. The van der Waals surface area contributed by atoms with E-state index in [1.165, 1.54) is 6.08 Å². The number of nitrogens with zero attached hydrogens (tertiary/aromatic N) is 2. The second-order valence-corrected chi connectivity index (χ2v) is 0.895. The molecule has 0 atom stereocenters. The Morgan fingerprint density at radius 2 is 2.43 bits per heavy atom. The van der Waals surface area contributed by atoms with Crippen LogP contribution in [0.2, 0.25) is 0 Å². The summed E-state index contributed by atoms with van der Waals surface area (Å²) in [6.07, 6.45) is 4.51. The zero-order valence-corrected chi connectivity index (χ0v) is 4.13. The van der Waals surface area contributed by atoms with E-state index in [9.17, 15) is 0 Å². The highest BCUT2D eigenvalue weighted by Gasteiger charge is 1.55. The minimum atomic E-state index is 1.37. The Labute approximate surface area is 42.8 Å². The quantitative estimate of drug-likeness (QED) is 0.349. The molecule has 0 fully saturated rings. The van der Waals surface area contributed by atoms with E-state index in [2.05, 4.69) is 4.99 Å². The summed E-state index contributed by atoms with van der Waals surface area (Å²) in [7, 11) is 1.65. The maximum absolute atomic E-state index is 7.89. The van der Waals surface area contributed by atoms with E-state index >= 15 is 0 Å². The summed E-state index contributed by atoms with van der Waals surface area (Å²) in [5, 5.41) is 7.89. The number of hydrogen-bond donors (Lipinski definition) is 0. The van der Waals surface area contributed by atoms with Crippen molar-refractivity contribution < 1.29 is 0 Å². The fraction of sp³-hybridized carbons (Fsp3) is 0.200. The molecule has 7 heavy (non-hydrogen) atoms. The van der Waals surface area contributed by atoms with Gasteiger partial charge in [0.1, 0.15) is 0 Å². The maximum atomic E-state index is 7.89. The summed E-state index contributed by atoms with van der Waals surface area (Å²) in [5.74, 6) is 0.